The van der Waals surface area contributed by atoms with Crippen LogP contribution in [0.5, 0.6) is 0 Å². The molecule has 31 heavy (non-hydrogen) atoms. The lowest BCUT2D eigenvalue weighted by molar-refractivity contribution is -0.121. The number of amides is 1. The first-order chi connectivity index (χ1) is 14.8. The number of hydrogen-bond acceptors (Lipinski definition) is 6. The van der Waals surface area contributed by atoms with Crippen LogP contribution < -0.4 is 5.32 Å². The zero-order chi connectivity index (χ0) is 22.0. The van der Waals surface area contributed by atoms with E-state index in [2.05, 4.69) is 15.3 Å². The molecule has 3 aromatic rings. The number of H-pyrrole nitrogens is 1. The van der Waals surface area contributed by atoms with Crippen molar-refractivity contribution in [1.82, 2.24) is 19.6 Å². The predicted octanol–water partition coefficient (Wildman–Crippen LogP) is 2.70. The highest BCUT2D eigenvalue weighted by Crippen LogP contribution is 2.27. The maximum Gasteiger partial charge on any atom is 0.252 e. The van der Waals surface area contributed by atoms with Gasteiger partial charge in [0.2, 0.25) is 5.91 Å². The molecular formula is C21H26N4O4S2. The van der Waals surface area contributed by atoms with Crippen molar-refractivity contribution in [3.63, 3.8) is 0 Å². The molecule has 1 aliphatic rings. The minimum atomic E-state index is -3.55. The fourth-order valence-corrected chi connectivity index (χ4v) is 6.48. The molecule has 4 rings (SSSR count). The van der Waals surface area contributed by atoms with Gasteiger partial charge in [-0.15, -0.1) is 11.3 Å². The lowest BCUT2D eigenvalue weighted by atomic mass is 10.0. The van der Waals surface area contributed by atoms with Crippen molar-refractivity contribution in [1.29, 1.82) is 0 Å². The van der Waals surface area contributed by atoms with Crippen molar-refractivity contribution in [2.24, 2.45) is 5.92 Å². The molecule has 2 N–H and O–H groups in total. The summed E-state index contributed by atoms with van der Waals surface area (Å²) in [5.41, 5.74) is 1.78. The van der Waals surface area contributed by atoms with Crippen molar-refractivity contribution in [2.45, 2.75) is 30.5 Å². The third kappa shape index (κ3) is 4.82. The second kappa shape index (κ2) is 9.07. The molecule has 3 heterocycles. The minimum Gasteiger partial charge on any atom is -0.379 e. The summed E-state index contributed by atoms with van der Waals surface area (Å²) in [6, 6.07) is 10.8. The molecule has 10 heteroatoms. The number of sulfonamides is 1. The number of fused-ring (bicyclic) bond motifs is 1. The number of rotatable bonds is 7. The number of carbonyl (C=O) groups is 1. The fraction of sp³-hybridized carbons (Fsp3) is 0.429. The van der Waals surface area contributed by atoms with Gasteiger partial charge in [0.15, 0.2) is 0 Å². The second-order valence-corrected chi connectivity index (χ2v) is 11.2. The van der Waals surface area contributed by atoms with Crippen molar-refractivity contribution in [3.05, 3.63) is 47.1 Å². The molecule has 2 aromatic heterocycles. The number of thiophene rings is 1. The van der Waals surface area contributed by atoms with E-state index in [9.17, 15) is 13.2 Å². The van der Waals surface area contributed by atoms with Gasteiger partial charge in [0.05, 0.1) is 36.7 Å². The molecule has 0 spiro atoms. The van der Waals surface area contributed by atoms with Crippen LogP contribution in [0.3, 0.4) is 0 Å². The molecule has 1 fully saturated rings. The Morgan fingerprint density at radius 3 is 2.68 bits per heavy atom. The van der Waals surface area contributed by atoms with Crippen LogP contribution >= 0.6 is 11.3 Å². The van der Waals surface area contributed by atoms with E-state index in [1.54, 1.807) is 12.1 Å². The summed E-state index contributed by atoms with van der Waals surface area (Å²) in [5.74, 6) is 0.674. The van der Waals surface area contributed by atoms with E-state index in [1.165, 1.54) is 4.31 Å². The average molecular weight is 463 g/mol. The van der Waals surface area contributed by atoms with Gasteiger partial charge in [0, 0.05) is 18.0 Å². The van der Waals surface area contributed by atoms with Crippen LogP contribution in [0.15, 0.2) is 40.6 Å². The molecule has 1 saturated heterocycles. The quantitative estimate of drug-likeness (QED) is 0.562. The Labute approximate surface area is 185 Å². The molecule has 166 valence electrons. The van der Waals surface area contributed by atoms with E-state index in [0.29, 0.717) is 37.0 Å². The highest BCUT2D eigenvalue weighted by Gasteiger charge is 2.28. The number of para-hydroxylation sites is 2. The predicted molar refractivity (Wildman–Crippen MR) is 119 cm³/mol. The normalized spacial score (nSPS) is 16.6. The molecular weight excluding hydrogens is 436 g/mol. The lowest BCUT2D eigenvalue weighted by Crippen LogP contribution is -2.40. The monoisotopic (exact) mass is 462 g/mol. The first kappa shape index (κ1) is 21.9. The smallest absolute Gasteiger partial charge is 0.252 e. The maximum atomic E-state index is 12.8. The number of aromatic nitrogens is 2. The number of nitrogens with zero attached hydrogens (tertiary/aromatic N) is 2. The summed E-state index contributed by atoms with van der Waals surface area (Å²) in [6.45, 7) is 5.55. The van der Waals surface area contributed by atoms with Crippen molar-refractivity contribution >= 4 is 38.3 Å². The first-order valence-corrected chi connectivity index (χ1v) is 12.5. The molecule has 1 aliphatic heterocycles. The van der Waals surface area contributed by atoms with Crippen LogP contribution in [0.2, 0.25) is 0 Å². The van der Waals surface area contributed by atoms with Crippen LogP contribution in [-0.4, -0.2) is 54.9 Å². The molecule has 1 aromatic carbocycles. The molecule has 0 bridgehead atoms. The maximum absolute atomic E-state index is 12.8. The van der Waals surface area contributed by atoms with Crippen molar-refractivity contribution in [3.8, 4) is 0 Å². The van der Waals surface area contributed by atoms with E-state index in [4.69, 9.17) is 4.74 Å². The summed E-state index contributed by atoms with van der Waals surface area (Å²) in [7, 11) is -3.55. The molecule has 1 unspecified atom stereocenters. The average Bonchev–Trinajstić information content (AvgIpc) is 3.39. The minimum absolute atomic E-state index is 0.118. The Morgan fingerprint density at radius 2 is 1.97 bits per heavy atom. The summed E-state index contributed by atoms with van der Waals surface area (Å²) in [6.07, 6.45) is 0.118. The third-order valence-electron chi connectivity index (χ3n) is 5.22. The standard InChI is InChI=1S/C21H26N4O4S2/c1-14(2)20(21-22-16-5-3-4-6-17(16)23-21)24-18(26)13-15-7-8-19(30-15)31(27,28)25-9-11-29-12-10-25/h3-8,14,20H,9-13H2,1-2H3,(H,22,23)(H,24,26). The van der Waals surface area contributed by atoms with Gasteiger partial charge < -0.3 is 15.0 Å². The Bertz CT molecular complexity index is 1130. The van der Waals surface area contributed by atoms with Gasteiger partial charge in [-0.3, -0.25) is 4.79 Å². The number of benzene rings is 1. The van der Waals surface area contributed by atoms with Gasteiger partial charge in [-0.25, -0.2) is 13.4 Å². The summed E-state index contributed by atoms with van der Waals surface area (Å²) >= 11 is 1.14. The first-order valence-electron chi connectivity index (χ1n) is 10.2. The van der Waals surface area contributed by atoms with Crippen LogP contribution in [0, 0.1) is 5.92 Å². The van der Waals surface area contributed by atoms with Crippen LogP contribution in [-0.2, 0) is 26.0 Å². The van der Waals surface area contributed by atoms with E-state index in [-0.39, 0.29) is 28.5 Å². The largest absolute Gasteiger partial charge is 0.379 e. The molecule has 0 aliphatic carbocycles. The van der Waals surface area contributed by atoms with Gasteiger partial charge in [0.1, 0.15) is 10.0 Å². The van der Waals surface area contributed by atoms with Crippen molar-refractivity contribution < 1.29 is 17.9 Å². The molecule has 8 nitrogen and oxygen atoms in total. The van der Waals surface area contributed by atoms with E-state index in [1.807, 2.05) is 38.1 Å². The van der Waals surface area contributed by atoms with E-state index in [0.717, 1.165) is 22.4 Å². The number of ether oxygens (including phenoxy) is 1. The Kier molecular flexibility index (Phi) is 6.42. The Hall–Kier alpha value is -2.27. The van der Waals surface area contributed by atoms with Crippen LogP contribution in [0.1, 0.15) is 30.6 Å². The number of carbonyl (C=O) groups excluding carboxylic acids is 1. The highest BCUT2D eigenvalue weighted by atomic mass is 32.2. The van der Waals surface area contributed by atoms with E-state index < -0.39 is 10.0 Å². The van der Waals surface area contributed by atoms with Crippen LogP contribution in [0.25, 0.3) is 11.0 Å². The van der Waals surface area contributed by atoms with Gasteiger partial charge in [-0.1, -0.05) is 26.0 Å². The molecule has 0 radical (unpaired) electrons. The number of hydrogen-bond donors (Lipinski definition) is 2. The molecule has 1 atom stereocenters. The summed E-state index contributed by atoms with van der Waals surface area (Å²) in [5, 5.41) is 3.05. The second-order valence-electron chi connectivity index (χ2n) is 7.84. The van der Waals surface area contributed by atoms with Gasteiger partial charge >= 0.3 is 0 Å². The number of morpholine rings is 1. The Morgan fingerprint density at radius 1 is 1.23 bits per heavy atom. The zero-order valence-electron chi connectivity index (χ0n) is 17.5. The third-order valence-corrected chi connectivity index (χ3v) is 8.67. The number of nitrogens with one attached hydrogen (secondary N) is 2. The van der Waals surface area contributed by atoms with Gasteiger partial charge in [-0.2, -0.15) is 4.31 Å². The number of aromatic amines is 1. The van der Waals surface area contributed by atoms with Gasteiger partial charge in [-0.05, 0) is 30.2 Å². The molecule has 1 amide bonds. The number of imidazole rings is 1. The SMILES string of the molecule is CC(C)C(NC(=O)Cc1ccc(S(=O)(=O)N2CCOCC2)s1)c1nc2ccccc2[nH]1. The fourth-order valence-electron chi connectivity index (χ4n) is 3.56. The van der Waals surface area contributed by atoms with Gasteiger partial charge in [0.25, 0.3) is 10.0 Å². The summed E-state index contributed by atoms with van der Waals surface area (Å²) in [4.78, 5) is 21.4. The summed E-state index contributed by atoms with van der Waals surface area (Å²) < 4.78 is 32.5. The lowest BCUT2D eigenvalue weighted by Gasteiger charge is -2.25. The Balaban J connectivity index is 1.45. The molecule has 0 saturated carbocycles. The highest BCUT2D eigenvalue weighted by molar-refractivity contribution is 7.91. The van der Waals surface area contributed by atoms with Crippen molar-refractivity contribution in [2.75, 3.05) is 26.3 Å². The zero-order valence-corrected chi connectivity index (χ0v) is 19.1. The topological polar surface area (TPSA) is 104 Å². The van der Waals surface area contributed by atoms with E-state index >= 15 is 0 Å². The van der Waals surface area contributed by atoms with Crippen LogP contribution in [0.4, 0.5) is 0 Å².